The number of ether oxygens (including phenoxy) is 14. The van der Waals surface area contributed by atoms with Crippen LogP contribution in [0, 0.1) is 16.7 Å². The quantitative estimate of drug-likeness (QED) is 0.0492. The fourth-order valence-electron chi connectivity index (χ4n) is 5.08. The molecule has 0 aliphatic carbocycles. The van der Waals surface area contributed by atoms with Crippen molar-refractivity contribution in [2.45, 2.75) is 32.1 Å². The Morgan fingerprint density at radius 3 is 1.28 bits per heavy atom. The Balaban J connectivity index is 2.98. The predicted molar refractivity (Wildman–Crippen MR) is 183 cm³/mol. The van der Waals surface area contributed by atoms with Crippen LogP contribution in [0.5, 0.6) is 0 Å². The smallest absolute Gasteiger partial charge is 0.336 e. The van der Waals surface area contributed by atoms with Crippen LogP contribution in [0.25, 0.3) is 0 Å². The molecule has 1 fully saturated rings. The lowest BCUT2D eigenvalue weighted by molar-refractivity contribution is -0.201. The summed E-state index contributed by atoms with van der Waals surface area (Å²) in [6.07, 6.45) is 0.929. The topological polar surface area (TPSA) is 193 Å². The highest BCUT2D eigenvalue weighted by Gasteiger charge is 2.36. The lowest BCUT2D eigenvalue weighted by Gasteiger charge is -2.33. The summed E-state index contributed by atoms with van der Waals surface area (Å²) in [6.45, 7) is 2.94. The van der Waals surface area contributed by atoms with Gasteiger partial charge in [0.05, 0.1) is 82.8 Å². The van der Waals surface area contributed by atoms with Gasteiger partial charge in [-0.1, -0.05) is 0 Å². The summed E-state index contributed by atoms with van der Waals surface area (Å²) in [4.78, 5) is 43.0. The van der Waals surface area contributed by atoms with Gasteiger partial charge in [0.2, 0.25) is 0 Å². The average molecular weight is 774 g/mol. The molecule has 1 unspecified atom stereocenters. The third-order valence-electron chi connectivity index (χ3n) is 7.68. The summed E-state index contributed by atoms with van der Waals surface area (Å²) in [5, 5.41) is 0.545. The fraction of sp³-hybridized carbons (Fsp3) is 0.912. The zero-order valence-corrected chi connectivity index (χ0v) is 32.4. The van der Waals surface area contributed by atoms with E-state index in [9.17, 15) is 14.4 Å². The first-order valence-electron chi connectivity index (χ1n) is 17.4. The molecule has 1 atom stereocenters. The minimum atomic E-state index is -0.770. The predicted octanol–water partition coefficient (Wildman–Crippen LogP) is 1.15. The van der Waals surface area contributed by atoms with E-state index in [2.05, 4.69) is 0 Å². The van der Waals surface area contributed by atoms with Gasteiger partial charge in [0, 0.05) is 68.7 Å². The van der Waals surface area contributed by atoms with Gasteiger partial charge in [-0.15, -0.1) is 5.06 Å². The second-order valence-corrected chi connectivity index (χ2v) is 12.5. The van der Waals surface area contributed by atoms with Crippen LogP contribution in [-0.2, 0) is 85.5 Å². The third-order valence-corrected chi connectivity index (χ3v) is 7.68. The van der Waals surface area contributed by atoms with Gasteiger partial charge in [-0.05, 0) is 19.3 Å². The van der Waals surface area contributed by atoms with Crippen molar-refractivity contribution in [3.63, 3.8) is 0 Å². The molecule has 0 aromatic carbocycles. The highest BCUT2D eigenvalue weighted by Crippen LogP contribution is 2.24. The van der Waals surface area contributed by atoms with Crippen molar-refractivity contribution in [2.75, 3.05) is 156 Å². The minimum Gasteiger partial charge on any atom is -0.382 e. The van der Waals surface area contributed by atoms with E-state index in [1.807, 2.05) is 0 Å². The summed E-state index contributed by atoms with van der Waals surface area (Å²) in [5.74, 6) is -2.58. The van der Waals surface area contributed by atoms with E-state index in [1.165, 1.54) is 35.5 Å². The van der Waals surface area contributed by atoms with Gasteiger partial charge in [-0.3, -0.25) is 9.59 Å². The van der Waals surface area contributed by atoms with Crippen LogP contribution in [0.4, 0.5) is 0 Å². The maximum absolute atomic E-state index is 13.3. The summed E-state index contributed by atoms with van der Waals surface area (Å²) in [6, 6.07) is 0. The summed E-state index contributed by atoms with van der Waals surface area (Å²) in [7, 11) is 9.18. The van der Waals surface area contributed by atoms with Crippen LogP contribution < -0.4 is 0 Å². The fourth-order valence-corrected chi connectivity index (χ4v) is 5.08. The molecule has 0 N–H and O–H groups in total. The van der Waals surface area contributed by atoms with Crippen molar-refractivity contribution in [3.8, 4) is 0 Å². The average Bonchev–Trinajstić information content (AvgIpc) is 3.46. The van der Waals surface area contributed by atoms with Crippen LogP contribution in [0.1, 0.15) is 32.1 Å². The standard InChI is InChI=1S/C34H63NO18/c1-39-14-15-47-18-33(19-48-24-40-2,20-49-25-41-3)16-45-12-7-8-29(32(38)53-35-30(36)9-10-31(35)37)11-13-46-17-34(21-50-26-42-4,22-51-27-43-5)23-52-28-44-6/h29H,7-28H2,1-6H3. The Morgan fingerprint density at radius 2 is 0.887 bits per heavy atom. The minimum absolute atomic E-state index is 0.0175. The van der Waals surface area contributed by atoms with Crippen molar-refractivity contribution < 1.29 is 85.5 Å². The first-order valence-corrected chi connectivity index (χ1v) is 17.4. The van der Waals surface area contributed by atoms with Gasteiger partial charge in [-0.2, -0.15) is 0 Å². The zero-order chi connectivity index (χ0) is 39.0. The zero-order valence-electron chi connectivity index (χ0n) is 32.4. The lowest BCUT2D eigenvalue weighted by Crippen LogP contribution is -2.42. The normalized spacial score (nSPS) is 14.4. The van der Waals surface area contributed by atoms with E-state index in [0.717, 1.165) is 0 Å². The monoisotopic (exact) mass is 773 g/mol. The molecule has 1 aliphatic heterocycles. The Morgan fingerprint density at radius 1 is 0.509 bits per heavy atom. The van der Waals surface area contributed by atoms with Crippen molar-refractivity contribution >= 4 is 17.8 Å². The molecular weight excluding hydrogens is 710 g/mol. The molecule has 0 aromatic rings. The van der Waals surface area contributed by atoms with Crippen LogP contribution >= 0.6 is 0 Å². The van der Waals surface area contributed by atoms with E-state index in [0.29, 0.717) is 31.1 Å². The van der Waals surface area contributed by atoms with Gasteiger partial charge in [-0.25, -0.2) is 4.79 Å². The maximum atomic E-state index is 13.3. The molecule has 2 amide bonds. The van der Waals surface area contributed by atoms with Crippen LogP contribution in [-0.4, -0.2) is 179 Å². The van der Waals surface area contributed by atoms with Gasteiger partial charge in [0.1, 0.15) is 34.0 Å². The highest BCUT2D eigenvalue weighted by molar-refractivity contribution is 6.01. The molecule has 312 valence electrons. The van der Waals surface area contributed by atoms with Crippen LogP contribution in [0.2, 0.25) is 0 Å². The largest absolute Gasteiger partial charge is 0.382 e. The summed E-state index contributed by atoms with van der Waals surface area (Å²) >= 11 is 0. The number of carbonyl (C=O) groups is 3. The van der Waals surface area contributed by atoms with Crippen LogP contribution in [0.3, 0.4) is 0 Å². The molecule has 53 heavy (non-hydrogen) atoms. The van der Waals surface area contributed by atoms with E-state index in [4.69, 9.17) is 71.2 Å². The molecule has 1 heterocycles. The van der Waals surface area contributed by atoms with E-state index < -0.39 is 34.5 Å². The molecule has 0 saturated carbocycles. The molecule has 0 spiro atoms. The maximum Gasteiger partial charge on any atom is 0.336 e. The second-order valence-electron chi connectivity index (χ2n) is 12.5. The Labute approximate surface area is 313 Å². The molecule has 0 bridgehead atoms. The number of hydrogen-bond donors (Lipinski definition) is 0. The third kappa shape index (κ3) is 21.7. The second kappa shape index (κ2) is 31.3. The number of hydrogen-bond acceptors (Lipinski definition) is 18. The molecule has 0 radical (unpaired) electrons. The molecule has 1 aliphatic rings. The molecule has 1 rings (SSSR count). The molecule has 0 aromatic heterocycles. The summed E-state index contributed by atoms with van der Waals surface area (Å²) in [5.41, 5.74) is -1.47. The van der Waals surface area contributed by atoms with Crippen molar-refractivity contribution in [1.82, 2.24) is 5.06 Å². The molecule has 1 saturated heterocycles. The van der Waals surface area contributed by atoms with Crippen LogP contribution in [0.15, 0.2) is 0 Å². The Hall–Kier alpha value is -1.95. The number of methoxy groups -OCH3 is 6. The summed E-state index contributed by atoms with van der Waals surface area (Å²) < 4.78 is 76.8. The Bertz CT molecular complexity index is 891. The SMILES string of the molecule is COCCOCC(COCCCC(CCOCC(COCOC)(COCOC)COCOC)C(=O)ON1C(=O)CCC1=O)(COCOC)COCOC. The molecule has 19 nitrogen and oxygen atoms in total. The Kier molecular flexibility index (Phi) is 29.0. The molecule has 19 heteroatoms. The number of amides is 2. The number of rotatable bonds is 38. The van der Waals surface area contributed by atoms with Crippen molar-refractivity contribution in [1.29, 1.82) is 0 Å². The molecular formula is C34H63NO18. The number of hydroxylamine groups is 2. The van der Waals surface area contributed by atoms with Crippen molar-refractivity contribution in [2.24, 2.45) is 16.7 Å². The number of imide groups is 1. The van der Waals surface area contributed by atoms with Gasteiger partial charge in [0.15, 0.2) is 0 Å². The van der Waals surface area contributed by atoms with Gasteiger partial charge in [0.25, 0.3) is 11.8 Å². The van der Waals surface area contributed by atoms with Gasteiger partial charge < -0.3 is 71.2 Å². The van der Waals surface area contributed by atoms with E-state index in [1.54, 1.807) is 7.11 Å². The first kappa shape index (κ1) is 49.1. The lowest BCUT2D eigenvalue weighted by atomic mass is 9.92. The number of carbonyl (C=O) groups excluding carboxylic acids is 3. The van der Waals surface area contributed by atoms with E-state index >= 15 is 0 Å². The first-order chi connectivity index (χ1) is 25.8. The van der Waals surface area contributed by atoms with E-state index in [-0.39, 0.29) is 119 Å². The van der Waals surface area contributed by atoms with Crippen molar-refractivity contribution in [3.05, 3.63) is 0 Å². The number of nitrogens with zero attached hydrogens (tertiary/aromatic N) is 1. The highest BCUT2D eigenvalue weighted by atomic mass is 16.7. The van der Waals surface area contributed by atoms with Gasteiger partial charge >= 0.3 is 5.97 Å².